The summed E-state index contributed by atoms with van der Waals surface area (Å²) >= 11 is 0. The van der Waals surface area contributed by atoms with Gasteiger partial charge in [-0.2, -0.15) is 5.26 Å². The van der Waals surface area contributed by atoms with Crippen LogP contribution in [0.3, 0.4) is 0 Å². The lowest BCUT2D eigenvalue weighted by Gasteiger charge is -2.23. The predicted molar refractivity (Wildman–Crippen MR) is 72.1 cm³/mol. The number of carbonyl (C=O) groups excluding carboxylic acids is 1. The molecular weight excluding hydrogens is 228 g/mol. The fourth-order valence-corrected chi connectivity index (χ4v) is 1.67. The van der Waals surface area contributed by atoms with Crippen molar-refractivity contribution in [3.8, 4) is 6.07 Å². The first-order valence-electron chi connectivity index (χ1n) is 5.83. The van der Waals surface area contributed by atoms with Crippen LogP contribution in [0.5, 0.6) is 0 Å². The summed E-state index contributed by atoms with van der Waals surface area (Å²) in [7, 11) is 1.61. The second-order valence-electron chi connectivity index (χ2n) is 3.91. The van der Waals surface area contributed by atoms with Gasteiger partial charge in [0, 0.05) is 25.0 Å². The van der Waals surface area contributed by atoms with Gasteiger partial charge < -0.3 is 16.0 Å². The predicted octanol–water partition coefficient (Wildman–Crippen LogP) is 0.907. The van der Waals surface area contributed by atoms with Crippen molar-refractivity contribution in [2.75, 3.05) is 30.8 Å². The summed E-state index contributed by atoms with van der Waals surface area (Å²) in [5.41, 5.74) is 8.10. The van der Waals surface area contributed by atoms with Crippen LogP contribution < -0.4 is 16.0 Å². The first-order chi connectivity index (χ1) is 8.62. The number of carbonyl (C=O) groups is 1. The van der Waals surface area contributed by atoms with E-state index in [9.17, 15) is 4.79 Å². The fraction of sp³-hybridized carbons (Fsp3) is 0.385. The number of hydrogen-bond donors (Lipinski definition) is 2. The van der Waals surface area contributed by atoms with Crippen molar-refractivity contribution in [1.82, 2.24) is 5.32 Å². The van der Waals surface area contributed by atoms with Crippen LogP contribution in [-0.2, 0) is 11.2 Å². The fourth-order valence-electron chi connectivity index (χ4n) is 1.67. The van der Waals surface area contributed by atoms with Crippen LogP contribution >= 0.6 is 0 Å². The molecule has 96 valence electrons. The minimum absolute atomic E-state index is 0.0458. The summed E-state index contributed by atoms with van der Waals surface area (Å²) < 4.78 is 0. The van der Waals surface area contributed by atoms with E-state index >= 15 is 0 Å². The molecular formula is C13H18N4O. The summed E-state index contributed by atoms with van der Waals surface area (Å²) in [6.45, 7) is 2.98. The quantitative estimate of drug-likeness (QED) is 0.756. The zero-order valence-corrected chi connectivity index (χ0v) is 10.7. The molecule has 0 unspecified atom stereocenters. The van der Waals surface area contributed by atoms with Crippen LogP contribution in [0.15, 0.2) is 18.2 Å². The molecule has 0 saturated heterocycles. The molecule has 1 aromatic carbocycles. The van der Waals surface area contributed by atoms with E-state index in [2.05, 4.69) is 11.4 Å². The van der Waals surface area contributed by atoms with Crippen LogP contribution in [0.25, 0.3) is 0 Å². The standard InChI is InChI=1S/C13H18N4O/c1-3-17(9-13(18)16-2)11-4-5-12(15)10(8-11)6-7-14/h4-5,8H,3,6,9,15H2,1-2H3,(H,16,18). The molecule has 3 N–H and O–H groups in total. The molecule has 0 aromatic heterocycles. The van der Waals surface area contributed by atoms with Gasteiger partial charge in [0.2, 0.25) is 5.91 Å². The van der Waals surface area contributed by atoms with Crippen molar-refractivity contribution in [3.05, 3.63) is 23.8 Å². The van der Waals surface area contributed by atoms with Crippen LogP contribution in [0.4, 0.5) is 11.4 Å². The van der Waals surface area contributed by atoms with Crippen LogP contribution in [-0.4, -0.2) is 26.0 Å². The second kappa shape index (κ2) is 6.50. The Balaban J connectivity index is 2.96. The number of likely N-dealkylation sites (N-methyl/N-ethyl adjacent to an activating group) is 2. The lowest BCUT2D eigenvalue weighted by Crippen LogP contribution is -2.35. The first-order valence-corrected chi connectivity index (χ1v) is 5.83. The average molecular weight is 246 g/mol. The number of nitrogens with two attached hydrogens (primary N) is 1. The Labute approximate surface area is 107 Å². The zero-order chi connectivity index (χ0) is 13.5. The maximum absolute atomic E-state index is 11.4. The number of rotatable bonds is 5. The number of nitrogen functional groups attached to an aromatic ring is 1. The third-order valence-electron chi connectivity index (χ3n) is 2.76. The number of benzene rings is 1. The average Bonchev–Trinajstić information content (AvgIpc) is 2.38. The molecule has 0 aliphatic carbocycles. The molecule has 5 nitrogen and oxygen atoms in total. The van der Waals surface area contributed by atoms with Gasteiger partial charge in [0.25, 0.3) is 0 Å². The first kappa shape index (κ1) is 13.8. The Morgan fingerprint density at radius 1 is 1.56 bits per heavy atom. The van der Waals surface area contributed by atoms with Gasteiger partial charge in [0.05, 0.1) is 19.0 Å². The minimum Gasteiger partial charge on any atom is -0.398 e. The van der Waals surface area contributed by atoms with Gasteiger partial charge in [-0.1, -0.05) is 0 Å². The highest BCUT2D eigenvalue weighted by Gasteiger charge is 2.10. The SMILES string of the molecule is CCN(CC(=O)NC)c1ccc(N)c(CC#N)c1. The van der Waals surface area contributed by atoms with E-state index < -0.39 is 0 Å². The normalized spacial score (nSPS) is 9.61. The molecule has 0 aliphatic heterocycles. The van der Waals surface area contributed by atoms with Gasteiger partial charge in [-0.05, 0) is 30.7 Å². The molecule has 0 fully saturated rings. The number of nitriles is 1. The number of hydrogen-bond acceptors (Lipinski definition) is 4. The van der Waals surface area contributed by atoms with Crippen molar-refractivity contribution in [3.63, 3.8) is 0 Å². The number of anilines is 2. The monoisotopic (exact) mass is 246 g/mol. The Hall–Kier alpha value is -2.22. The Bertz CT molecular complexity index is 465. The number of nitrogens with one attached hydrogen (secondary N) is 1. The Kier molecular flexibility index (Phi) is 5.00. The van der Waals surface area contributed by atoms with Crippen LogP contribution in [0.1, 0.15) is 12.5 Å². The number of nitrogens with zero attached hydrogens (tertiary/aromatic N) is 2. The topological polar surface area (TPSA) is 82.2 Å². The van der Waals surface area contributed by atoms with E-state index in [0.29, 0.717) is 18.8 Å². The number of amides is 1. The molecule has 0 radical (unpaired) electrons. The van der Waals surface area contributed by atoms with Gasteiger partial charge in [0.15, 0.2) is 0 Å². The van der Waals surface area contributed by atoms with Gasteiger partial charge in [0.1, 0.15) is 0 Å². The zero-order valence-electron chi connectivity index (χ0n) is 10.7. The molecule has 0 bridgehead atoms. The van der Waals surface area contributed by atoms with Crippen molar-refractivity contribution >= 4 is 17.3 Å². The van der Waals surface area contributed by atoms with Gasteiger partial charge in [-0.3, -0.25) is 4.79 Å². The molecule has 0 heterocycles. The molecule has 18 heavy (non-hydrogen) atoms. The van der Waals surface area contributed by atoms with Crippen molar-refractivity contribution < 1.29 is 4.79 Å². The Morgan fingerprint density at radius 2 is 2.28 bits per heavy atom. The molecule has 1 aromatic rings. The van der Waals surface area contributed by atoms with E-state index in [1.54, 1.807) is 13.1 Å². The molecule has 1 rings (SSSR count). The largest absolute Gasteiger partial charge is 0.398 e. The third-order valence-corrected chi connectivity index (χ3v) is 2.76. The van der Waals surface area contributed by atoms with Gasteiger partial charge in [-0.25, -0.2) is 0 Å². The molecule has 1 amide bonds. The second-order valence-corrected chi connectivity index (χ2v) is 3.91. The summed E-state index contributed by atoms with van der Waals surface area (Å²) in [5, 5.41) is 11.3. The van der Waals surface area contributed by atoms with Gasteiger partial charge >= 0.3 is 0 Å². The van der Waals surface area contributed by atoms with Crippen molar-refractivity contribution in [2.45, 2.75) is 13.3 Å². The Morgan fingerprint density at radius 3 is 2.83 bits per heavy atom. The summed E-state index contributed by atoms with van der Waals surface area (Å²) in [4.78, 5) is 13.3. The van der Waals surface area contributed by atoms with Gasteiger partial charge in [-0.15, -0.1) is 0 Å². The van der Waals surface area contributed by atoms with E-state index in [1.165, 1.54) is 0 Å². The van der Waals surface area contributed by atoms with Crippen LogP contribution in [0.2, 0.25) is 0 Å². The van der Waals surface area contributed by atoms with E-state index in [0.717, 1.165) is 11.3 Å². The van der Waals surface area contributed by atoms with Crippen molar-refractivity contribution in [2.24, 2.45) is 0 Å². The highest BCUT2D eigenvalue weighted by atomic mass is 16.1. The lowest BCUT2D eigenvalue weighted by molar-refractivity contribution is -0.119. The van der Waals surface area contributed by atoms with Crippen molar-refractivity contribution in [1.29, 1.82) is 5.26 Å². The maximum atomic E-state index is 11.4. The molecule has 0 saturated carbocycles. The smallest absolute Gasteiger partial charge is 0.239 e. The highest BCUT2D eigenvalue weighted by molar-refractivity contribution is 5.81. The summed E-state index contributed by atoms with van der Waals surface area (Å²) in [6.07, 6.45) is 0.275. The third kappa shape index (κ3) is 3.39. The molecule has 0 spiro atoms. The summed E-state index contributed by atoms with van der Waals surface area (Å²) in [5.74, 6) is -0.0458. The highest BCUT2D eigenvalue weighted by Crippen LogP contribution is 2.21. The lowest BCUT2D eigenvalue weighted by atomic mass is 10.1. The van der Waals surface area contributed by atoms with E-state index in [4.69, 9.17) is 11.0 Å². The molecule has 0 atom stereocenters. The maximum Gasteiger partial charge on any atom is 0.239 e. The molecule has 5 heteroatoms. The minimum atomic E-state index is -0.0458. The van der Waals surface area contributed by atoms with E-state index in [-0.39, 0.29) is 12.3 Å². The van der Waals surface area contributed by atoms with E-state index in [1.807, 2.05) is 24.0 Å². The van der Waals surface area contributed by atoms with Crippen LogP contribution in [0, 0.1) is 11.3 Å². The summed E-state index contributed by atoms with van der Waals surface area (Å²) in [6, 6.07) is 7.59. The molecule has 0 aliphatic rings.